The third-order valence-electron chi connectivity index (χ3n) is 4.70. The Morgan fingerprint density at radius 3 is 2.17 bits per heavy atom. The molecule has 3 rings (SSSR count). The van der Waals surface area contributed by atoms with E-state index in [4.69, 9.17) is 9.47 Å². The lowest BCUT2D eigenvalue weighted by Crippen LogP contribution is -2.51. The molecule has 1 aliphatic heterocycles. The van der Waals surface area contributed by atoms with Gasteiger partial charge in [-0.1, -0.05) is 19.1 Å². The molecule has 0 N–H and O–H groups in total. The Kier molecular flexibility index (Phi) is 7.28. The maximum atomic E-state index is 13.1. The van der Waals surface area contributed by atoms with Crippen molar-refractivity contribution in [2.75, 3.05) is 39.4 Å². The normalized spacial score (nSPS) is 15.1. The highest BCUT2D eigenvalue weighted by Crippen LogP contribution is 2.26. The molecule has 1 aliphatic rings. The monoisotopic (exact) mass is 436 g/mol. The predicted molar refractivity (Wildman–Crippen MR) is 109 cm³/mol. The largest absolute Gasteiger partial charge is 0.490 e. The van der Waals surface area contributed by atoms with Crippen LogP contribution < -0.4 is 9.47 Å². The number of piperazine rings is 1. The summed E-state index contributed by atoms with van der Waals surface area (Å²) >= 11 is 0. The van der Waals surface area contributed by atoms with Gasteiger partial charge in [0.25, 0.3) is 5.91 Å². The van der Waals surface area contributed by atoms with Gasteiger partial charge in [-0.2, -0.15) is 4.31 Å². The van der Waals surface area contributed by atoms with Crippen molar-refractivity contribution in [2.45, 2.75) is 18.2 Å². The summed E-state index contributed by atoms with van der Waals surface area (Å²) in [6.07, 6.45) is 0.859. The molecule has 0 atom stereocenters. The first-order valence-corrected chi connectivity index (χ1v) is 11.2. The van der Waals surface area contributed by atoms with Crippen LogP contribution >= 0.6 is 0 Å². The standard InChI is InChI=1S/C21H25FN2O5S/c1-2-15-28-19-5-3-4-6-20(19)29-16-21(25)23-11-13-24(14-12-23)30(26,27)18-9-7-17(22)8-10-18/h3-10H,2,11-16H2,1H3. The number of hydrogen-bond donors (Lipinski definition) is 0. The van der Waals surface area contributed by atoms with E-state index in [0.717, 1.165) is 18.6 Å². The maximum Gasteiger partial charge on any atom is 0.260 e. The molecule has 7 nitrogen and oxygen atoms in total. The molecule has 1 fully saturated rings. The summed E-state index contributed by atoms with van der Waals surface area (Å²) in [5.74, 6) is 0.365. The molecular formula is C21H25FN2O5S. The van der Waals surface area contributed by atoms with Crippen molar-refractivity contribution in [3.63, 3.8) is 0 Å². The molecule has 1 heterocycles. The van der Waals surface area contributed by atoms with E-state index >= 15 is 0 Å². The van der Waals surface area contributed by atoms with Crippen LogP contribution in [0.3, 0.4) is 0 Å². The minimum Gasteiger partial charge on any atom is -0.490 e. The van der Waals surface area contributed by atoms with Crippen molar-refractivity contribution < 1.29 is 27.1 Å². The first-order chi connectivity index (χ1) is 14.4. The second kappa shape index (κ2) is 9.90. The van der Waals surface area contributed by atoms with E-state index in [1.807, 2.05) is 13.0 Å². The zero-order valence-corrected chi connectivity index (χ0v) is 17.6. The zero-order chi connectivity index (χ0) is 21.6. The van der Waals surface area contributed by atoms with Crippen LogP contribution in [0.2, 0.25) is 0 Å². The number of hydrogen-bond acceptors (Lipinski definition) is 5. The molecule has 2 aromatic rings. The molecule has 162 valence electrons. The van der Waals surface area contributed by atoms with Gasteiger partial charge in [-0.3, -0.25) is 4.79 Å². The summed E-state index contributed by atoms with van der Waals surface area (Å²) in [4.78, 5) is 14.1. The maximum absolute atomic E-state index is 13.1. The van der Waals surface area contributed by atoms with Crippen LogP contribution in [0.25, 0.3) is 0 Å². The number of amides is 1. The molecule has 1 saturated heterocycles. The number of nitrogens with zero attached hydrogens (tertiary/aromatic N) is 2. The number of rotatable bonds is 8. The molecule has 0 saturated carbocycles. The molecule has 2 aromatic carbocycles. The van der Waals surface area contributed by atoms with Gasteiger partial charge in [-0.05, 0) is 42.8 Å². The van der Waals surface area contributed by atoms with E-state index in [1.165, 1.54) is 16.4 Å². The highest BCUT2D eigenvalue weighted by atomic mass is 32.2. The van der Waals surface area contributed by atoms with Crippen LogP contribution in [0, 0.1) is 5.82 Å². The number of carbonyl (C=O) groups excluding carboxylic acids is 1. The lowest BCUT2D eigenvalue weighted by atomic mass is 10.3. The highest BCUT2D eigenvalue weighted by Gasteiger charge is 2.30. The number of sulfonamides is 1. The van der Waals surface area contributed by atoms with Crippen LogP contribution in [0.5, 0.6) is 11.5 Å². The Labute approximate surface area is 176 Å². The molecule has 0 aliphatic carbocycles. The fraction of sp³-hybridized carbons (Fsp3) is 0.381. The number of benzene rings is 2. The molecule has 30 heavy (non-hydrogen) atoms. The average Bonchev–Trinajstić information content (AvgIpc) is 2.77. The molecule has 9 heteroatoms. The fourth-order valence-corrected chi connectivity index (χ4v) is 4.49. The molecule has 0 spiro atoms. The van der Waals surface area contributed by atoms with Gasteiger partial charge in [0.15, 0.2) is 18.1 Å². The summed E-state index contributed by atoms with van der Waals surface area (Å²) < 4.78 is 51.0. The lowest BCUT2D eigenvalue weighted by molar-refractivity contribution is -0.134. The van der Waals surface area contributed by atoms with E-state index in [1.54, 1.807) is 23.1 Å². The minimum absolute atomic E-state index is 0.0377. The summed E-state index contributed by atoms with van der Waals surface area (Å²) in [5.41, 5.74) is 0. The Hall–Kier alpha value is -2.65. The van der Waals surface area contributed by atoms with E-state index in [9.17, 15) is 17.6 Å². The van der Waals surface area contributed by atoms with Gasteiger partial charge in [0.2, 0.25) is 10.0 Å². The van der Waals surface area contributed by atoms with Gasteiger partial charge in [0.05, 0.1) is 11.5 Å². The van der Waals surface area contributed by atoms with Crippen molar-refractivity contribution in [3.05, 3.63) is 54.3 Å². The van der Waals surface area contributed by atoms with Crippen molar-refractivity contribution in [3.8, 4) is 11.5 Å². The molecule has 0 aromatic heterocycles. The SMILES string of the molecule is CCCOc1ccccc1OCC(=O)N1CCN(S(=O)(=O)c2ccc(F)cc2)CC1. The first kappa shape index (κ1) is 22.0. The van der Waals surface area contributed by atoms with Crippen LogP contribution in [0.1, 0.15) is 13.3 Å². The van der Waals surface area contributed by atoms with Crippen LogP contribution in [-0.4, -0.2) is 62.9 Å². The van der Waals surface area contributed by atoms with Gasteiger partial charge in [0, 0.05) is 26.2 Å². The van der Waals surface area contributed by atoms with E-state index in [-0.39, 0.29) is 43.6 Å². The van der Waals surface area contributed by atoms with Crippen LogP contribution in [-0.2, 0) is 14.8 Å². The number of halogens is 1. The quantitative estimate of drug-likeness (QED) is 0.636. The van der Waals surface area contributed by atoms with Crippen molar-refractivity contribution in [1.82, 2.24) is 9.21 Å². The molecule has 0 unspecified atom stereocenters. The molecular weight excluding hydrogens is 411 g/mol. The van der Waals surface area contributed by atoms with Gasteiger partial charge in [0.1, 0.15) is 5.82 Å². The first-order valence-electron chi connectivity index (χ1n) is 9.80. The Morgan fingerprint density at radius 1 is 0.967 bits per heavy atom. The van der Waals surface area contributed by atoms with Gasteiger partial charge < -0.3 is 14.4 Å². The van der Waals surface area contributed by atoms with Crippen molar-refractivity contribution in [1.29, 1.82) is 0 Å². The van der Waals surface area contributed by atoms with Gasteiger partial charge >= 0.3 is 0 Å². The Morgan fingerprint density at radius 2 is 1.57 bits per heavy atom. The zero-order valence-electron chi connectivity index (χ0n) is 16.8. The van der Waals surface area contributed by atoms with E-state index < -0.39 is 15.8 Å². The second-order valence-electron chi connectivity index (χ2n) is 6.82. The molecule has 0 bridgehead atoms. The predicted octanol–water partition coefficient (Wildman–Crippen LogP) is 2.53. The van der Waals surface area contributed by atoms with E-state index in [0.29, 0.717) is 18.1 Å². The third-order valence-corrected chi connectivity index (χ3v) is 6.62. The average molecular weight is 437 g/mol. The molecule has 0 radical (unpaired) electrons. The summed E-state index contributed by atoms with van der Waals surface area (Å²) in [6.45, 7) is 3.26. The topological polar surface area (TPSA) is 76.2 Å². The van der Waals surface area contributed by atoms with E-state index in [2.05, 4.69) is 0 Å². The summed E-state index contributed by atoms with van der Waals surface area (Å²) in [7, 11) is -3.72. The minimum atomic E-state index is -3.72. The van der Waals surface area contributed by atoms with Gasteiger partial charge in [-0.15, -0.1) is 0 Å². The number of carbonyl (C=O) groups is 1. The smallest absolute Gasteiger partial charge is 0.260 e. The summed E-state index contributed by atoms with van der Waals surface area (Å²) in [6, 6.07) is 11.9. The van der Waals surface area contributed by atoms with Crippen molar-refractivity contribution in [2.24, 2.45) is 0 Å². The summed E-state index contributed by atoms with van der Waals surface area (Å²) in [5, 5.41) is 0. The number of ether oxygens (including phenoxy) is 2. The third kappa shape index (κ3) is 5.28. The second-order valence-corrected chi connectivity index (χ2v) is 8.76. The fourth-order valence-electron chi connectivity index (χ4n) is 3.06. The Bertz CT molecular complexity index is 958. The van der Waals surface area contributed by atoms with Crippen LogP contribution in [0.4, 0.5) is 4.39 Å². The van der Waals surface area contributed by atoms with Crippen LogP contribution in [0.15, 0.2) is 53.4 Å². The lowest BCUT2D eigenvalue weighted by Gasteiger charge is -2.34. The van der Waals surface area contributed by atoms with Gasteiger partial charge in [-0.25, -0.2) is 12.8 Å². The highest BCUT2D eigenvalue weighted by molar-refractivity contribution is 7.89. The Balaban J connectivity index is 1.54. The molecule has 1 amide bonds. The van der Waals surface area contributed by atoms with Crippen molar-refractivity contribution >= 4 is 15.9 Å². The number of para-hydroxylation sites is 2.